The van der Waals surface area contributed by atoms with E-state index in [1.807, 2.05) is 73.7 Å². The minimum atomic E-state index is -0.283. The SMILES string of the molecule is Cc1ccc(/C=C/C(=O)NC(=S)Nc2ccc(OCCc3ccccc3)cc2)cc1. The van der Waals surface area contributed by atoms with Crippen molar-refractivity contribution >= 4 is 35.0 Å². The zero-order chi connectivity index (χ0) is 21.2. The van der Waals surface area contributed by atoms with Crippen LogP contribution in [0.1, 0.15) is 16.7 Å². The van der Waals surface area contributed by atoms with Crippen molar-refractivity contribution in [3.8, 4) is 5.75 Å². The molecule has 0 saturated carbocycles. The van der Waals surface area contributed by atoms with Crippen LogP contribution in [0, 0.1) is 6.92 Å². The topological polar surface area (TPSA) is 50.4 Å². The van der Waals surface area contributed by atoms with Crippen molar-refractivity contribution in [2.24, 2.45) is 0 Å². The second kappa shape index (κ2) is 10.9. The summed E-state index contributed by atoms with van der Waals surface area (Å²) < 4.78 is 5.78. The van der Waals surface area contributed by atoms with Crippen molar-refractivity contribution in [2.45, 2.75) is 13.3 Å². The number of benzene rings is 3. The lowest BCUT2D eigenvalue weighted by atomic mass is 10.1. The smallest absolute Gasteiger partial charge is 0.250 e. The lowest BCUT2D eigenvalue weighted by molar-refractivity contribution is -0.115. The zero-order valence-electron chi connectivity index (χ0n) is 16.8. The van der Waals surface area contributed by atoms with Crippen LogP contribution >= 0.6 is 12.2 Å². The van der Waals surface area contributed by atoms with Gasteiger partial charge in [-0.2, -0.15) is 0 Å². The molecule has 2 N–H and O–H groups in total. The molecule has 0 aromatic heterocycles. The first-order valence-corrected chi connectivity index (χ1v) is 10.1. The number of aryl methyl sites for hydroxylation is 1. The van der Waals surface area contributed by atoms with Crippen LogP contribution in [0.5, 0.6) is 5.75 Å². The fraction of sp³-hybridized carbons (Fsp3) is 0.120. The van der Waals surface area contributed by atoms with Crippen molar-refractivity contribution in [2.75, 3.05) is 11.9 Å². The fourth-order valence-corrected chi connectivity index (χ4v) is 2.95. The third kappa shape index (κ3) is 7.18. The lowest BCUT2D eigenvalue weighted by Gasteiger charge is -2.10. The van der Waals surface area contributed by atoms with Gasteiger partial charge in [0.15, 0.2) is 5.11 Å². The van der Waals surface area contributed by atoms with Gasteiger partial charge in [0.25, 0.3) is 0 Å². The number of rotatable bonds is 7. The van der Waals surface area contributed by atoms with E-state index < -0.39 is 0 Å². The van der Waals surface area contributed by atoms with Gasteiger partial charge < -0.3 is 10.1 Å². The van der Waals surface area contributed by atoms with Crippen LogP contribution in [0.2, 0.25) is 0 Å². The van der Waals surface area contributed by atoms with Crippen LogP contribution in [0.4, 0.5) is 5.69 Å². The van der Waals surface area contributed by atoms with Crippen LogP contribution in [0.15, 0.2) is 84.9 Å². The van der Waals surface area contributed by atoms with E-state index in [2.05, 4.69) is 22.8 Å². The fourth-order valence-electron chi connectivity index (χ4n) is 2.73. The predicted octanol–water partition coefficient (Wildman–Crippen LogP) is 5.14. The van der Waals surface area contributed by atoms with Gasteiger partial charge in [-0.15, -0.1) is 0 Å². The summed E-state index contributed by atoms with van der Waals surface area (Å²) in [7, 11) is 0. The predicted molar refractivity (Wildman–Crippen MR) is 127 cm³/mol. The molecule has 152 valence electrons. The number of carbonyl (C=O) groups excluding carboxylic acids is 1. The van der Waals surface area contributed by atoms with E-state index in [0.717, 1.165) is 23.4 Å². The first-order chi connectivity index (χ1) is 14.6. The van der Waals surface area contributed by atoms with Crippen molar-refractivity contribution in [3.63, 3.8) is 0 Å². The minimum absolute atomic E-state index is 0.242. The Balaban J connectivity index is 1.42. The largest absolute Gasteiger partial charge is 0.493 e. The van der Waals surface area contributed by atoms with Gasteiger partial charge in [-0.25, -0.2) is 0 Å². The molecule has 5 heteroatoms. The molecule has 0 heterocycles. The number of nitrogens with one attached hydrogen (secondary N) is 2. The van der Waals surface area contributed by atoms with Gasteiger partial charge in [0.05, 0.1) is 6.61 Å². The normalized spacial score (nSPS) is 10.6. The molecule has 0 unspecified atom stereocenters. The molecular weight excluding hydrogens is 392 g/mol. The molecule has 0 atom stereocenters. The average Bonchev–Trinajstić information content (AvgIpc) is 2.75. The molecule has 3 aromatic rings. The molecule has 0 radical (unpaired) electrons. The molecular formula is C25H24N2O2S. The molecule has 0 aliphatic heterocycles. The van der Waals surface area contributed by atoms with Gasteiger partial charge >= 0.3 is 0 Å². The van der Waals surface area contributed by atoms with Gasteiger partial charge in [-0.3, -0.25) is 10.1 Å². The first kappa shape index (κ1) is 21.3. The van der Waals surface area contributed by atoms with Crippen molar-refractivity contribution < 1.29 is 9.53 Å². The summed E-state index contributed by atoms with van der Waals surface area (Å²) in [6, 6.07) is 25.6. The number of hydrogen-bond acceptors (Lipinski definition) is 3. The summed E-state index contributed by atoms with van der Waals surface area (Å²) in [4.78, 5) is 12.0. The van der Waals surface area contributed by atoms with Gasteiger partial charge in [0, 0.05) is 18.2 Å². The Hall–Kier alpha value is -3.44. The number of thiocarbonyl (C=S) groups is 1. The van der Waals surface area contributed by atoms with Gasteiger partial charge in [-0.05, 0) is 60.6 Å². The lowest BCUT2D eigenvalue weighted by Crippen LogP contribution is -2.32. The van der Waals surface area contributed by atoms with E-state index in [4.69, 9.17) is 17.0 Å². The van der Waals surface area contributed by atoms with Crippen molar-refractivity contribution in [3.05, 3.63) is 102 Å². The van der Waals surface area contributed by atoms with E-state index >= 15 is 0 Å². The Labute approximate surface area is 182 Å². The Bertz CT molecular complexity index is 998. The molecule has 0 aliphatic rings. The summed E-state index contributed by atoms with van der Waals surface area (Å²) in [6.45, 7) is 2.63. The van der Waals surface area contributed by atoms with Crippen LogP contribution < -0.4 is 15.4 Å². The van der Waals surface area contributed by atoms with Crippen molar-refractivity contribution in [1.29, 1.82) is 0 Å². The zero-order valence-corrected chi connectivity index (χ0v) is 17.6. The molecule has 0 saturated heterocycles. The van der Waals surface area contributed by atoms with Crippen molar-refractivity contribution in [1.82, 2.24) is 5.32 Å². The molecule has 3 rings (SSSR count). The van der Waals surface area contributed by atoms with E-state index in [-0.39, 0.29) is 11.0 Å². The summed E-state index contributed by atoms with van der Waals surface area (Å²) in [6.07, 6.45) is 4.06. The van der Waals surface area contributed by atoms with Gasteiger partial charge in [0.2, 0.25) is 5.91 Å². The number of hydrogen-bond donors (Lipinski definition) is 2. The summed E-state index contributed by atoms with van der Waals surface area (Å²) in [5.41, 5.74) is 4.15. The second-order valence-corrected chi connectivity index (χ2v) is 7.20. The van der Waals surface area contributed by atoms with Crippen LogP contribution in [0.3, 0.4) is 0 Å². The Morgan fingerprint density at radius 1 is 0.967 bits per heavy atom. The average molecular weight is 417 g/mol. The quantitative estimate of drug-likeness (QED) is 0.413. The molecule has 30 heavy (non-hydrogen) atoms. The van der Waals surface area contributed by atoms with Gasteiger partial charge in [-0.1, -0.05) is 60.2 Å². The monoisotopic (exact) mass is 416 g/mol. The molecule has 0 spiro atoms. The maximum atomic E-state index is 12.0. The first-order valence-electron chi connectivity index (χ1n) is 9.72. The van der Waals surface area contributed by atoms with Crippen LogP contribution in [-0.2, 0) is 11.2 Å². The third-order valence-electron chi connectivity index (χ3n) is 4.36. The van der Waals surface area contributed by atoms with Gasteiger partial charge in [0.1, 0.15) is 5.75 Å². The van der Waals surface area contributed by atoms with E-state index in [0.29, 0.717) is 6.61 Å². The highest BCUT2D eigenvalue weighted by Gasteiger charge is 2.02. The van der Waals surface area contributed by atoms with E-state index in [9.17, 15) is 4.79 Å². The Kier molecular flexibility index (Phi) is 7.75. The number of ether oxygens (including phenoxy) is 1. The Morgan fingerprint density at radius 3 is 2.37 bits per heavy atom. The summed E-state index contributed by atoms with van der Waals surface area (Å²) in [5.74, 6) is 0.501. The molecule has 4 nitrogen and oxygen atoms in total. The van der Waals surface area contributed by atoms with Crippen LogP contribution in [-0.4, -0.2) is 17.6 Å². The maximum Gasteiger partial charge on any atom is 0.250 e. The highest BCUT2D eigenvalue weighted by Crippen LogP contribution is 2.16. The highest BCUT2D eigenvalue weighted by molar-refractivity contribution is 7.80. The molecule has 3 aromatic carbocycles. The number of anilines is 1. The molecule has 0 bridgehead atoms. The highest BCUT2D eigenvalue weighted by atomic mass is 32.1. The van der Waals surface area contributed by atoms with E-state index in [1.165, 1.54) is 17.2 Å². The number of carbonyl (C=O) groups is 1. The standard InChI is InChI=1S/C25H24N2O2S/c1-19-7-9-21(10-8-19)11-16-24(28)27-25(30)26-22-12-14-23(15-13-22)29-18-17-20-5-3-2-4-6-20/h2-16H,17-18H2,1H3,(H2,26,27,28,30)/b16-11+. The molecule has 0 fully saturated rings. The third-order valence-corrected chi connectivity index (χ3v) is 4.56. The number of amides is 1. The summed E-state index contributed by atoms with van der Waals surface area (Å²) >= 11 is 5.21. The Morgan fingerprint density at radius 2 is 1.67 bits per heavy atom. The molecule has 0 aliphatic carbocycles. The summed E-state index contributed by atoms with van der Waals surface area (Å²) in [5, 5.41) is 5.88. The minimum Gasteiger partial charge on any atom is -0.493 e. The molecule has 1 amide bonds. The van der Waals surface area contributed by atoms with E-state index in [1.54, 1.807) is 6.08 Å². The second-order valence-electron chi connectivity index (χ2n) is 6.80. The van der Waals surface area contributed by atoms with Crippen LogP contribution in [0.25, 0.3) is 6.08 Å². The maximum absolute atomic E-state index is 12.0.